The van der Waals surface area contributed by atoms with E-state index in [1.54, 1.807) is 6.07 Å². The normalized spacial score (nSPS) is 24.1. The smallest absolute Gasteiger partial charge is 0.192 e. The van der Waals surface area contributed by atoms with E-state index in [1.165, 1.54) is 19.3 Å². The van der Waals surface area contributed by atoms with Crippen molar-refractivity contribution in [1.29, 1.82) is 0 Å². The maximum absolute atomic E-state index is 15.1. The molecule has 0 unspecified atom stereocenters. The number of ether oxygens (including phenoxy) is 1. The highest BCUT2D eigenvalue weighted by Gasteiger charge is 2.41. The summed E-state index contributed by atoms with van der Waals surface area (Å²) in [7, 11) is -1.82. The first-order chi connectivity index (χ1) is 14.3. The van der Waals surface area contributed by atoms with Crippen LogP contribution in [0.15, 0.2) is 12.1 Å². The number of nitrogens with zero attached hydrogens (tertiary/aromatic N) is 1. The molecule has 1 N–H and O–H groups in total. The average molecular weight is 451 g/mol. The first kappa shape index (κ1) is 24.5. The number of piperazine rings is 1. The van der Waals surface area contributed by atoms with Gasteiger partial charge >= 0.3 is 0 Å². The van der Waals surface area contributed by atoms with Gasteiger partial charge in [0.15, 0.2) is 19.9 Å². The van der Waals surface area contributed by atoms with Gasteiger partial charge in [-0.3, -0.25) is 0 Å². The van der Waals surface area contributed by atoms with Crippen molar-refractivity contribution in [3.63, 3.8) is 0 Å². The van der Waals surface area contributed by atoms with Gasteiger partial charge < -0.3 is 19.4 Å². The van der Waals surface area contributed by atoms with E-state index in [2.05, 4.69) is 64.0 Å². The molecular formula is C25H43FN2O2Si. The van der Waals surface area contributed by atoms with Gasteiger partial charge in [-0.15, -0.1) is 0 Å². The molecule has 3 rings (SSSR count). The maximum Gasteiger partial charge on any atom is 0.192 e. The SMILES string of the molecule is Cc1cc(N2CC(C)(C)N[C@H]3CCCC[C@@H]32)cc(F)c1OCCO[Si](C)(C)C(C)(C)C. The van der Waals surface area contributed by atoms with E-state index in [0.717, 1.165) is 24.2 Å². The number of aryl methyl sites for hydroxylation is 1. The number of nitrogens with one attached hydrogen (secondary N) is 1. The number of halogens is 1. The van der Waals surface area contributed by atoms with Crippen molar-refractivity contribution in [1.82, 2.24) is 5.32 Å². The molecule has 1 aromatic rings. The summed E-state index contributed by atoms with van der Waals surface area (Å²) in [6, 6.07) is 4.68. The Morgan fingerprint density at radius 2 is 1.84 bits per heavy atom. The quantitative estimate of drug-likeness (QED) is 0.423. The van der Waals surface area contributed by atoms with E-state index in [4.69, 9.17) is 9.16 Å². The van der Waals surface area contributed by atoms with Crippen LogP contribution in [0.5, 0.6) is 5.75 Å². The first-order valence-electron chi connectivity index (χ1n) is 11.9. The molecule has 31 heavy (non-hydrogen) atoms. The molecule has 0 radical (unpaired) electrons. The molecule has 1 saturated carbocycles. The number of rotatable bonds is 6. The monoisotopic (exact) mass is 450 g/mol. The lowest BCUT2D eigenvalue weighted by Crippen LogP contribution is -2.67. The second kappa shape index (κ2) is 9.03. The molecule has 0 aromatic heterocycles. The van der Waals surface area contributed by atoms with Gasteiger partial charge in [0.1, 0.15) is 6.61 Å². The van der Waals surface area contributed by atoms with E-state index in [-0.39, 0.29) is 16.4 Å². The minimum Gasteiger partial charge on any atom is -0.488 e. The second-order valence-electron chi connectivity index (χ2n) is 11.6. The minimum atomic E-state index is -1.82. The summed E-state index contributed by atoms with van der Waals surface area (Å²) >= 11 is 0. The number of fused-ring (bicyclic) bond motifs is 1. The lowest BCUT2D eigenvalue weighted by molar-refractivity contribution is 0.196. The Bertz CT molecular complexity index is 752. The highest BCUT2D eigenvalue weighted by molar-refractivity contribution is 6.74. The van der Waals surface area contributed by atoms with Gasteiger partial charge in [0.25, 0.3) is 0 Å². The van der Waals surface area contributed by atoms with Gasteiger partial charge in [-0.25, -0.2) is 4.39 Å². The molecule has 0 amide bonds. The summed E-state index contributed by atoms with van der Waals surface area (Å²) < 4.78 is 27.2. The molecule has 1 heterocycles. The largest absolute Gasteiger partial charge is 0.488 e. The van der Waals surface area contributed by atoms with Crippen LogP contribution < -0.4 is 15.0 Å². The fourth-order valence-corrected chi connectivity index (χ4v) is 5.77. The van der Waals surface area contributed by atoms with Crippen LogP contribution in [-0.4, -0.2) is 45.7 Å². The van der Waals surface area contributed by atoms with Crippen molar-refractivity contribution >= 4 is 14.0 Å². The highest BCUT2D eigenvalue weighted by atomic mass is 28.4. The van der Waals surface area contributed by atoms with E-state index in [0.29, 0.717) is 31.0 Å². The number of benzene rings is 1. The van der Waals surface area contributed by atoms with E-state index in [9.17, 15) is 0 Å². The third kappa shape index (κ3) is 5.63. The molecule has 4 nitrogen and oxygen atoms in total. The van der Waals surface area contributed by atoms with Crippen LogP contribution in [0, 0.1) is 12.7 Å². The van der Waals surface area contributed by atoms with Crippen LogP contribution in [0.3, 0.4) is 0 Å². The predicted octanol–water partition coefficient (Wildman–Crippen LogP) is 6.03. The van der Waals surface area contributed by atoms with Crippen molar-refractivity contribution < 1.29 is 13.6 Å². The molecular weight excluding hydrogens is 407 g/mol. The third-order valence-electron chi connectivity index (χ3n) is 7.42. The van der Waals surface area contributed by atoms with Crippen molar-refractivity contribution in [2.24, 2.45) is 0 Å². The lowest BCUT2D eigenvalue weighted by atomic mass is 9.83. The Morgan fingerprint density at radius 1 is 1.16 bits per heavy atom. The molecule has 0 bridgehead atoms. The summed E-state index contributed by atoms with van der Waals surface area (Å²) in [5.41, 5.74) is 1.84. The molecule has 176 valence electrons. The number of hydrogen-bond donors (Lipinski definition) is 1. The lowest BCUT2D eigenvalue weighted by Gasteiger charge is -2.52. The molecule has 1 aliphatic heterocycles. The molecule has 1 saturated heterocycles. The van der Waals surface area contributed by atoms with Crippen molar-refractivity contribution in [3.8, 4) is 5.75 Å². The van der Waals surface area contributed by atoms with Crippen molar-refractivity contribution in [3.05, 3.63) is 23.5 Å². The summed E-state index contributed by atoms with van der Waals surface area (Å²) in [6.45, 7) is 19.3. The van der Waals surface area contributed by atoms with Crippen LogP contribution in [0.1, 0.15) is 65.9 Å². The van der Waals surface area contributed by atoms with Gasteiger partial charge in [-0.05, 0) is 63.4 Å². The summed E-state index contributed by atoms with van der Waals surface area (Å²) in [5, 5.41) is 3.98. The Kier molecular flexibility index (Phi) is 7.14. The number of hydrogen-bond acceptors (Lipinski definition) is 4. The minimum absolute atomic E-state index is 0.0130. The maximum atomic E-state index is 15.1. The Hall–Kier alpha value is -1.11. The Labute approximate surface area is 190 Å². The molecule has 2 fully saturated rings. The molecule has 6 heteroatoms. The van der Waals surface area contributed by atoms with Crippen LogP contribution in [0.2, 0.25) is 18.1 Å². The van der Waals surface area contributed by atoms with Gasteiger partial charge in [-0.2, -0.15) is 0 Å². The second-order valence-corrected chi connectivity index (χ2v) is 16.5. The zero-order valence-corrected chi connectivity index (χ0v) is 21.9. The fourth-order valence-electron chi connectivity index (χ4n) is 4.74. The highest BCUT2D eigenvalue weighted by Crippen LogP contribution is 2.38. The zero-order valence-electron chi connectivity index (χ0n) is 20.9. The first-order valence-corrected chi connectivity index (χ1v) is 14.8. The molecule has 1 aromatic carbocycles. The molecule has 0 spiro atoms. The van der Waals surface area contributed by atoms with Crippen LogP contribution >= 0.6 is 0 Å². The summed E-state index contributed by atoms with van der Waals surface area (Å²) in [6.07, 6.45) is 4.88. The zero-order chi connectivity index (χ0) is 23.0. The van der Waals surface area contributed by atoms with Gasteiger partial charge in [-0.1, -0.05) is 33.6 Å². The van der Waals surface area contributed by atoms with E-state index in [1.807, 2.05) is 6.92 Å². The van der Waals surface area contributed by atoms with Gasteiger partial charge in [0.2, 0.25) is 0 Å². The van der Waals surface area contributed by atoms with Crippen LogP contribution in [-0.2, 0) is 4.43 Å². The van der Waals surface area contributed by atoms with Crippen LogP contribution in [0.25, 0.3) is 0 Å². The van der Waals surface area contributed by atoms with E-state index < -0.39 is 8.32 Å². The van der Waals surface area contributed by atoms with Gasteiger partial charge in [0, 0.05) is 35.9 Å². The Balaban J connectivity index is 1.70. The third-order valence-corrected chi connectivity index (χ3v) is 12.0. The molecule has 1 aliphatic carbocycles. The number of anilines is 1. The summed E-state index contributed by atoms with van der Waals surface area (Å²) in [5.74, 6) is 0.0863. The molecule has 2 aliphatic rings. The van der Waals surface area contributed by atoms with E-state index >= 15 is 4.39 Å². The predicted molar refractivity (Wildman–Crippen MR) is 130 cm³/mol. The van der Waals surface area contributed by atoms with Crippen LogP contribution in [0.4, 0.5) is 10.1 Å². The Morgan fingerprint density at radius 3 is 2.48 bits per heavy atom. The van der Waals surface area contributed by atoms with Crippen molar-refractivity contribution in [2.45, 2.75) is 103 Å². The van der Waals surface area contributed by atoms with Crippen molar-refractivity contribution in [2.75, 3.05) is 24.7 Å². The summed E-state index contributed by atoms with van der Waals surface area (Å²) in [4.78, 5) is 2.43. The topological polar surface area (TPSA) is 33.7 Å². The standard InChI is InChI=1S/C25H43FN2O2Si/c1-18-15-19(28-17-25(5,6)27-21-11-9-10-12-22(21)28)16-20(26)23(18)29-13-14-30-31(7,8)24(2,3)4/h15-16,21-22,27H,9-14,17H2,1-8H3/t21-,22-/m0/s1. The fraction of sp³-hybridized carbons (Fsp3) is 0.760. The van der Waals surface area contributed by atoms with Gasteiger partial charge in [0.05, 0.1) is 6.61 Å². The molecule has 2 atom stereocenters. The average Bonchev–Trinajstić information content (AvgIpc) is 2.64.